The number of alkyl halides is 3. The number of nitrogens with zero attached hydrogens (tertiary/aromatic N) is 3. The lowest BCUT2D eigenvalue weighted by atomic mass is 9.85. The lowest BCUT2D eigenvalue weighted by molar-refractivity contribution is -0.191. The summed E-state index contributed by atoms with van der Waals surface area (Å²) in [5, 5.41) is 3.99. The smallest absolute Gasteiger partial charge is 0.396 e. The van der Waals surface area contributed by atoms with Crippen LogP contribution in [0.5, 0.6) is 0 Å². The van der Waals surface area contributed by atoms with E-state index >= 15 is 0 Å². The molecule has 0 bridgehead atoms. The average molecular weight is 292 g/mol. The Morgan fingerprint density at radius 1 is 1.60 bits per heavy atom. The molecular weight excluding hydrogens is 277 g/mol. The van der Waals surface area contributed by atoms with Gasteiger partial charge in [-0.1, -0.05) is 0 Å². The summed E-state index contributed by atoms with van der Waals surface area (Å²) in [7, 11) is 1.13. The van der Waals surface area contributed by atoms with Gasteiger partial charge >= 0.3 is 12.1 Å². The summed E-state index contributed by atoms with van der Waals surface area (Å²) in [6, 6.07) is 0. The van der Waals surface area contributed by atoms with Gasteiger partial charge in [0.25, 0.3) is 0 Å². The van der Waals surface area contributed by atoms with Crippen LogP contribution in [0.2, 0.25) is 0 Å². The molecule has 0 atom stereocenters. The topological polar surface area (TPSA) is 73.4 Å². The van der Waals surface area contributed by atoms with E-state index in [-0.39, 0.29) is 19.8 Å². The maximum absolute atomic E-state index is 12.4. The molecule has 2 N–H and O–H groups in total. The Bertz CT molecular complexity index is 496. The van der Waals surface area contributed by atoms with Crippen molar-refractivity contribution in [3.05, 3.63) is 12.4 Å². The summed E-state index contributed by atoms with van der Waals surface area (Å²) in [5.41, 5.74) is 5.45. The fourth-order valence-corrected chi connectivity index (χ4v) is 2.22. The van der Waals surface area contributed by atoms with Crippen LogP contribution in [0.25, 0.3) is 0 Å². The van der Waals surface area contributed by atoms with Crippen LogP contribution >= 0.6 is 0 Å². The quantitative estimate of drug-likeness (QED) is 0.877. The largest absolute Gasteiger partial charge is 0.471 e. The van der Waals surface area contributed by atoms with Crippen molar-refractivity contribution in [2.75, 3.05) is 32.5 Å². The van der Waals surface area contributed by atoms with Gasteiger partial charge in [-0.3, -0.25) is 9.48 Å². The van der Waals surface area contributed by atoms with E-state index in [1.807, 2.05) is 0 Å². The molecule has 1 aromatic rings. The van der Waals surface area contributed by atoms with E-state index in [0.717, 1.165) is 7.05 Å². The molecule has 1 aliphatic rings. The first-order valence-corrected chi connectivity index (χ1v) is 5.90. The van der Waals surface area contributed by atoms with Crippen molar-refractivity contribution < 1.29 is 22.7 Å². The molecule has 1 saturated heterocycles. The lowest BCUT2D eigenvalue weighted by Gasteiger charge is -2.43. The highest BCUT2D eigenvalue weighted by Gasteiger charge is 2.46. The third-order valence-corrected chi connectivity index (χ3v) is 3.13. The number of nitrogen functional groups attached to an aromatic ring is 1. The zero-order chi connectivity index (χ0) is 15.0. The molecule has 0 aromatic carbocycles. The number of hydrogen-bond donors (Lipinski definition) is 1. The summed E-state index contributed by atoms with van der Waals surface area (Å²) in [5.74, 6) is -1.86. The normalized spacial score (nSPS) is 17.6. The number of anilines is 1. The number of carbonyl (C=O) groups is 1. The van der Waals surface area contributed by atoms with Crippen molar-refractivity contribution in [3.8, 4) is 0 Å². The number of halogens is 3. The highest BCUT2D eigenvalue weighted by Crippen LogP contribution is 2.31. The van der Waals surface area contributed by atoms with Crippen LogP contribution in [-0.2, 0) is 16.1 Å². The van der Waals surface area contributed by atoms with Crippen LogP contribution in [0.4, 0.5) is 18.9 Å². The van der Waals surface area contributed by atoms with Crippen LogP contribution in [0.1, 0.15) is 0 Å². The van der Waals surface area contributed by atoms with Gasteiger partial charge in [0.2, 0.25) is 0 Å². The van der Waals surface area contributed by atoms with Crippen molar-refractivity contribution in [1.29, 1.82) is 0 Å². The molecule has 112 valence electrons. The van der Waals surface area contributed by atoms with E-state index in [4.69, 9.17) is 10.5 Å². The van der Waals surface area contributed by atoms with E-state index in [1.165, 1.54) is 6.20 Å². The van der Waals surface area contributed by atoms with Crippen molar-refractivity contribution in [2.45, 2.75) is 12.7 Å². The standard InChI is InChI=1S/C11H15F3N4O2/c1-17(9(19)11(12,13)14)4-10(6-20-7-10)5-18-3-8(15)2-16-18/h2-3H,4-7,15H2,1H3. The lowest BCUT2D eigenvalue weighted by Crippen LogP contribution is -2.55. The van der Waals surface area contributed by atoms with Crippen LogP contribution in [0, 0.1) is 5.41 Å². The molecule has 2 rings (SSSR count). The molecule has 9 heteroatoms. The number of nitrogens with two attached hydrogens (primary N) is 1. The fourth-order valence-electron chi connectivity index (χ4n) is 2.22. The molecule has 2 heterocycles. The van der Waals surface area contributed by atoms with Crippen molar-refractivity contribution in [2.24, 2.45) is 5.41 Å². The maximum atomic E-state index is 12.4. The third-order valence-electron chi connectivity index (χ3n) is 3.13. The molecule has 0 spiro atoms. The van der Waals surface area contributed by atoms with E-state index in [1.54, 1.807) is 10.9 Å². The highest BCUT2D eigenvalue weighted by atomic mass is 19.4. The Kier molecular flexibility index (Phi) is 3.63. The first kappa shape index (κ1) is 14.6. The maximum Gasteiger partial charge on any atom is 0.471 e. The van der Waals surface area contributed by atoms with Gasteiger partial charge in [0, 0.05) is 19.8 Å². The van der Waals surface area contributed by atoms with Crippen LogP contribution in [0.3, 0.4) is 0 Å². The molecule has 1 fully saturated rings. The molecule has 0 unspecified atom stereocenters. The SMILES string of the molecule is CN(CC1(Cn2cc(N)cn2)COC1)C(=O)C(F)(F)F. The Balaban J connectivity index is 2.03. The molecule has 1 aromatic heterocycles. The molecule has 6 nitrogen and oxygen atoms in total. The van der Waals surface area contributed by atoms with Crippen molar-refractivity contribution in [3.63, 3.8) is 0 Å². The number of aromatic nitrogens is 2. The number of ether oxygens (including phenoxy) is 1. The summed E-state index contributed by atoms with van der Waals surface area (Å²) in [6.07, 6.45) is -1.82. The Morgan fingerprint density at radius 3 is 2.65 bits per heavy atom. The first-order valence-electron chi connectivity index (χ1n) is 5.90. The summed E-state index contributed by atoms with van der Waals surface area (Å²) in [6.45, 7) is 0.856. The van der Waals surface area contributed by atoms with Gasteiger partial charge in [-0.2, -0.15) is 18.3 Å². The molecule has 0 saturated carbocycles. The Labute approximate surface area is 113 Å². The van der Waals surface area contributed by atoms with Gasteiger partial charge < -0.3 is 15.4 Å². The molecule has 0 aliphatic carbocycles. The molecule has 1 aliphatic heterocycles. The van der Waals surface area contributed by atoms with Gasteiger partial charge in [0.1, 0.15) is 0 Å². The average Bonchev–Trinajstić information content (AvgIpc) is 2.69. The third kappa shape index (κ3) is 3.03. The van der Waals surface area contributed by atoms with E-state index < -0.39 is 17.5 Å². The van der Waals surface area contributed by atoms with Crippen LogP contribution < -0.4 is 5.73 Å². The fraction of sp³-hybridized carbons (Fsp3) is 0.636. The highest BCUT2D eigenvalue weighted by molar-refractivity contribution is 5.81. The monoisotopic (exact) mass is 292 g/mol. The summed E-state index contributed by atoms with van der Waals surface area (Å²) < 4.78 is 43.7. The Morgan fingerprint density at radius 2 is 2.25 bits per heavy atom. The zero-order valence-electron chi connectivity index (χ0n) is 10.9. The molecule has 0 radical (unpaired) electrons. The predicted molar refractivity (Wildman–Crippen MR) is 63.6 cm³/mol. The van der Waals surface area contributed by atoms with Crippen LogP contribution in [0.15, 0.2) is 12.4 Å². The second kappa shape index (κ2) is 4.97. The summed E-state index contributed by atoms with van der Waals surface area (Å²) >= 11 is 0. The summed E-state index contributed by atoms with van der Waals surface area (Å²) in [4.78, 5) is 11.8. The van der Waals surface area contributed by atoms with Gasteiger partial charge in [0.05, 0.1) is 37.1 Å². The number of hydrogen-bond acceptors (Lipinski definition) is 4. The number of carbonyl (C=O) groups excluding carboxylic acids is 1. The molecule has 1 amide bonds. The molecular formula is C11H15F3N4O2. The van der Waals surface area contributed by atoms with Gasteiger partial charge in [-0.15, -0.1) is 0 Å². The second-order valence-corrected chi connectivity index (χ2v) is 5.12. The minimum atomic E-state index is -4.86. The van der Waals surface area contributed by atoms with E-state index in [2.05, 4.69) is 5.10 Å². The van der Waals surface area contributed by atoms with Crippen molar-refractivity contribution in [1.82, 2.24) is 14.7 Å². The minimum Gasteiger partial charge on any atom is -0.396 e. The van der Waals surface area contributed by atoms with Crippen LogP contribution in [-0.4, -0.2) is 53.6 Å². The zero-order valence-corrected chi connectivity index (χ0v) is 10.9. The van der Waals surface area contributed by atoms with Gasteiger partial charge in [0.15, 0.2) is 0 Å². The number of rotatable bonds is 4. The van der Waals surface area contributed by atoms with Gasteiger partial charge in [-0.25, -0.2) is 0 Å². The second-order valence-electron chi connectivity index (χ2n) is 5.12. The predicted octanol–water partition coefficient (Wildman–Crippen LogP) is 0.503. The number of amides is 1. The molecule has 20 heavy (non-hydrogen) atoms. The first-order chi connectivity index (χ1) is 9.22. The van der Waals surface area contributed by atoms with E-state index in [0.29, 0.717) is 17.1 Å². The van der Waals surface area contributed by atoms with Crippen molar-refractivity contribution >= 4 is 11.6 Å². The minimum absolute atomic E-state index is 0.0505. The van der Waals surface area contributed by atoms with E-state index in [9.17, 15) is 18.0 Å². The van der Waals surface area contributed by atoms with Gasteiger partial charge in [-0.05, 0) is 0 Å². The Hall–Kier alpha value is -1.77.